The maximum Gasteiger partial charge on any atom is 0.242 e. The summed E-state index contributed by atoms with van der Waals surface area (Å²) in [6, 6.07) is 5.36. The smallest absolute Gasteiger partial charge is 0.242 e. The van der Waals surface area contributed by atoms with Gasteiger partial charge in [-0.3, -0.25) is 0 Å². The molecular weight excluding hydrogens is 358 g/mol. The first-order chi connectivity index (χ1) is 11.8. The molecule has 1 aliphatic heterocycles. The molecule has 2 aromatic rings. The quantitative estimate of drug-likeness (QED) is 0.742. The van der Waals surface area contributed by atoms with E-state index < -0.39 is 10.0 Å². The number of nitrogens with zero attached hydrogens (tertiary/aromatic N) is 5. The molecule has 0 spiro atoms. The van der Waals surface area contributed by atoms with Crippen molar-refractivity contribution in [2.45, 2.75) is 37.9 Å². The Bertz CT molecular complexity index is 930. The van der Waals surface area contributed by atoms with Gasteiger partial charge in [0.05, 0.1) is 4.90 Å². The lowest BCUT2D eigenvalue weighted by Gasteiger charge is -2.31. The van der Waals surface area contributed by atoms with Gasteiger partial charge in [-0.1, -0.05) is 0 Å². The minimum Gasteiger partial charge on any atom is -0.352 e. The van der Waals surface area contributed by atoms with Gasteiger partial charge in [0, 0.05) is 32.9 Å². The number of aromatic nitrogens is 3. The second kappa shape index (κ2) is 6.89. The van der Waals surface area contributed by atoms with Gasteiger partial charge in [0.25, 0.3) is 0 Å². The maximum atomic E-state index is 12.4. The third kappa shape index (κ3) is 3.36. The van der Waals surface area contributed by atoms with E-state index in [4.69, 9.17) is 12.2 Å². The molecule has 0 radical (unpaired) electrons. The summed E-state index contributed by atoms with van der Waals surface area (Å²) in [6.07, 6.45) is 3.59. The minimum atomic E-state index is -3.42. The topological polar surface area (TPSA) is 63.4 Å². The van der Waals surface area contributed by atoms with Crippen LogP contribution < -0.4 is 4.90 Å². The van der Waals surface area contributed by atoms with Crippen molar-refractivity contribution in [2.75, 3.05) is 25.5 Å². The molecule has 3 rings (SSSR count). The van der Waals surface area contributed by atoms with Gasteiger partial charge in [-0.2, -0.15) is 5.10 Å². The zero-order valence-corrected chi connectivity index (χ0v) is 16.3. The van der Waals surface area contributed by atoms with Crippen LogP contribution in [0.15, 0.2) is 29.4 Å². The Balaban J connectivity index is 1.92. The monoisotopic (exact) mass is 381 g/mol. The number of sulfonamides is 1. The van der Waals surface area contributed by atoms with E-state index in [0.717, 1.165) is 37.2 Å². The molecule has 1 aliphatic rings. The van der Waals surface area contributed by atoms with Crippen LogP contribution >= 0.6 is 12.2 Å². The standard InChI is InChI=1S/C16H23N5O2S2/c1-4-19-11-17-21(16(19)24)12-20-9-5-6-13-10-14(7-8-15(13)20)25(22,23)18(2)3/h7-8,10-11H,4-6,9,12H2,1-3H3. The number of hydrogen-bond donors (Lipinski definition) is 0. The Morgan fingerprint density at radius 2 is 2.08 bits per heavy atom. The van der Waals surface area contributed by atoms with Crippen molar-refractivity contribution in [2.24, 2.45) is 0 Å². The van der Waals surface area contributed by atoms with Crippen molar-refractivity contribution in [3.63, 3.8) is 0 Å². The summed E-state index contributed by atoms with van der Waals surface area (Å²) in [5.41, 5.74) is 2.10. The second-order valence-corrected chi connectivity index (χ2v) is 8.80. The van der Waals surface area contributed by atoms with Crippen LogP contribution in [0, 0.1) is 4.77 Å². The van der Waals surface area contributed by atoms with Gasteiger partial charge in [0.2, 0.25) is 10.0 Å². The first-order valence-corrected chi connectivity index (χ1v) is 10.1. The van der Waals surface area contributed by atoms with Gasteiger partial charge in [-0.15, -0.1) is 0 Å². The highest BCUT2D eigenvalue weighted by atomic mass is 32.2. The van der Waals surface area contributed by atoms with E-state index in [9.17, 15) is 8.42 Å². The number of aryl methyl sites for hydroxylation is 2. The number of benzene rings is 1. The van der Waals surface area contributed by atoms with Crippen LogP contribution in [0.5, 0.6) is 0 Å². The van der Waals surface area contributed by atoms with Crippen LogP contribution in [0.1, 0.15) is 18.9 Å². The Morgan fingerprint density at radius 1 is 1.32 bits per heavy atom. The van der Waals surface area contributed by atoms with Gasteiger partial charge in [-0.25, -0.2) is 17.4 Å². The SMILES string of the molecule is CCn1cnn(CN2CCCc3cc(S(=O)(=O)N(C)C)ccc32)c1=S. The number of anilines is 1. The molecule has 0 aliphatic carbocycles. The molecule has 0 atom stereocenters. The zero-order valence-electron chi connectivity index (χ0n) is 14.7. The predicted molar refractivity (Wildman–Crippen MR) is 99.7 cm³/mol. The minimum absolute atomic E-state index is 0.338. The van der Waals surface area contributed by atoms with Crippen molar-refractivity contribution in [1.82, 2.24) is 18.7 Å². The average molecular weight is 382 g/mol. The predicted octanol–water partition coefficient (Wildman–Crippen LogP) is 2.09. The van der Waals surface area contributed by atoms with E-state index in [-0.39, 0.29) is 0 Å². The fourth-order valence-corrected chi connectivity index (χ4v) is 4.25. The summed E-state index contributed by atoms with van der Waals surface area (Å²) in [7, 11) is -0.319. The summed E-state index contributed by atoms with van der Waals surface area (Å²) in [5, 5.41) is 4.36. The lowest BCUT2D eigenvalue weighted by atomic mass is 10.0. The van der Waals surface area contributed by atoms with Gasteiger partial charge in [0.15, 0.2) is 4.77 Å². The Kier molecular flexibility index (Phi) is 4.99. The summed E-state index contributed by atoms with van der Waals surface area (Å²) in [5.74, 6) is 0. The van der Waals surface area contributed by atoms with Crippen LogP contribution in [0.2, 0.25) is 0 Å². The molecule has 2 heterocycles. The van der Waals surface area contributed by atoms with Crippen molar-refractivity contribution < 1.29 is 8.42 Å². The second-order valence-electron chi connectivity index (χ2n) is 6.29. The highest BCUT2D eigenvalue weighted by Crippen LogP contribution is 2.30. The molecule has 0 saturated carbocycles. The van der Waals surface area contributed by atoms with Gasteiger partial charge < -0.3 is 9.47 Å². The van der Waals surface area contributed by atoms with E-state index in [1.807, 2.05) is 17.6 Å². The average Bonchev–Trinajstić information content (AvgIpc) is 2.94. The Morgan fingerprint density at radius 3 is 2.72 bits per heavy atom. The molecule has 1 aromatic carbocycles. The number of hydrogen-bond acceptors (Lipinski definition) is 5. The summed E-state index contributed by atoms with van der Waals surface area (Å²) in [4.78, 5) is 2.54. The van der Waals surface area contributed by atoms with Crippen molar-refractivity contribution in [3.05, 3.63) is 34.9 Å². The first-order valence-electron chi connectivity index (χ1n) is 8.27. The highest BCUT2D eigenvalue weighted by Gasteiger charge is 2.23. The van der Waals surface area contributed by atoms with Gasteiger partial charge in [-0.05, 0) is 55.7 Å². The molecule has 0 amide bonds. The Labute approximate surface area is 153 Å². The molecule has 0 unspecified atom stereocenters. The summed E-state index contributed by atoms with van der Waals surface area (Å²) in [6.45, 7) is 4.29. The van der Waals surface area contributed by atoms with Crippen LogP contribution in [0.4, 0.5) is 5.69 Å². The molecule has 9 heteroatoms. The molecular formula is C16H23N5O2S2. The third-order valence-electron chi connectivity index (χ3n) is 4.49. The van der Waals surface area contributed by atoms with Crippen molar-refractivity contribution >= 4 is 27.9 Å². The molecule has 136 valence electrons. The van der Waals surface area contributed by atoms with Crippen molar-refractivity contribution in [3.8, 4) is 0 Å². The van der Waals surface area contributed by atoms with Gasteiger partial charge in [0.1, 0.15) is 13.0 Å². The normalized spacial score (nSPS) is 14.8. The molecule has 0 saturated heterocycles. The molecule has 25 heavy (non-hydrogen) atoms. The zero-order chi connectivity index (χ0) is 18.2. The molecule has 0 fully saturated rings. The highest BCUT2D eigenvalue weighted by molar-refractivity contribution is 7.89. The van der Waals surface area contributed by atoms with Crippen LogP contribution in [-0.2, 0) is 29.7 Å². The number of rotatable bonds is 5. The number of fused-ring (bicyclic) bond motifs is 1. The molecule has 0 N–H and O–H groups in total. The van der Waals surface area contributed by atoms with Crippen LogP contribution in [0.3, 0.4) is 0 Å². The van der Waals surface area contributed by atoms with Gasteiger partial charge >= 0.3 is 0 Å². The lowest BCUT2D eigenvalue weighted by molar-refractivity contribution is 0.519. The van der Waals surface area contributed by atoms with Crippen LogP contribution in [-0.4, -0.2) is 47.7 Å². The Hall–Kier alpha value is -1.71. The van der Waals surface area contributed by atoms with Crippen molar-refractivity contribution in [1.29, 1.82) is 0 Å². The van der Waals surface area contributed by atoms with E-state index >= 15 is 0 Å². The first kappa shape index (κ1) is 18.1. The fraction of sp³-hybridized carbons (Fsp3) is 0.500. The largest absolute Gasteiger partial charge is 0.352 e. The fourth-order valence-electron chi connectivity index (χ4n) is 3.02. The van der Waals surface area contributed by atoms with E-state index in [1.54, 1.807) is 37.2 Å². The summed E-state index contributed by atoms with van der Waals surface area (Å²) >= 11 is 5.44. The molecule has 1 aromatic heterocycles. The molecule has 7 nitrogen and oxygen atoms in total. The van der Waals surface area contributed by atoms with E-state index in [0.29, 0.717) is 16.3 Å². The van der Waals surface area contributed by atoms with E-state index in [2.05, 4.69) is 10.00 Å². The summed E-state index contributed by atoms with van der Waals surface area (Å²) < 4.78 is 30.4. The lowest BCUT2D eigenvalue weighted by Crippen LogP contribution is -2.32. The van der Waals surface area contributed by atoms with Crippen LogP contribution in [0.25, 0.3) is 0 Å². The third-order valence-corrected chi connectivity index (χ3v) is 6.74. The maximum absolute atomic E-state index is 12.4. The van der Waals surface area contributed by atoms with E-state index in [1.165, 1.54) is 4.31 Å². The molecule has 0 bridgehead atoms.